The van der Waals surface area contributed by atoms with Gasteiger partial charge in [-0.05, 0) is 12.2 Å². The lowest BCUT2D eigenvalue weighted by Crippen LogP contribution is -2.20. The third-order valence-corrected chi connectivity index (χ3v) is 3.55. The predicted octanol–water partition coefficient (Wildman–Crippen LogP) is 3.64. The summed E-state index contributed by atoms with van der Waals surface area (Å²) in [6.45, 7) is 0. The first-order valence-corrected chi connectivity index (χ1v) is 7.31. The molecule has 23 heavy (non-hydrogen) atoms. The summed E-state index contributed by atoms with van der Waals surface area (Å²) in [7, 11) is 0. The molecule has 0 fully saturated rings. The third kappa shape index (κ3) is 3.04. The molecule has 1 N–H and O–H groups in total. The molecular formula is C20H15NO2. The number of nitrogens with one attached hydrogen (secondary N) is 1. The summed E-state index contributed by atoms with van der Waals surface area (Å²) in [5, 5.41) is 2.92. The maximum absolute atomic E-state index is 12.1. The average molecular weight is 301 g/mol. The van der Waals surface area contributed by atoms with Gasteiger partial charge in [0.05, 0.1) is 0 Å². The fraction of sp³-hybridized carbons (Fsp3) is 0. The number of carbonyl (C=O) groups is 2. The van der Waals surface area contributed by atoms with E-state index in [2.05, 4.69) is 5.32 Å². The zero-order chi connectivity index (χ0) is 16.1. The molecule has 0 radical (unpaired) electrons. The SMILES string of the molecule is C1=CC=CNC=C1.O=C1c2ccccc2C(=O)c2ccccc21. The van der Waals surface area contributed by atoms with E-state index in [1.807, 2.05) is 36.7 Å². The van der Waals surface area contributed by atoms with Crippen molar-refractivity contribution in [3.8, 4) is 0 Å². The highest BCUT2D eigenvalue weighted by atomic mass is 16.1. The van der Waals surface area contributed by atoms with Crippen molar-refractivity contribution in [2.75, 3.05) is 0 Å². The van der Waals surface area contributed by atoms with Crippen molar-refractivity contribution in [3.63, 3.8) is 0 Å². The van der Waals surface area contributed by atoms with Crippen molar-refractivity contribution in [2.24, 2.45) is 0 Å². The molecule has 2 aromatic rings. The first kappa shape index (κ1) is 14.7. The number of hydrogen-bond acceptors (Lipinski definition) is 3. The van der Waals surface area contributed by atoms with Crippen molar-refractivity contribution in [1.29, 1.82) is 0 Å². The monoisotopic (exact) mass is 301 g/mol. The molecule has 3 nitrogen and oxygen atoms in total. The Balaban J connectivity index is 0.000000188. The molecule has 1 aliphatic heterocycles. The van der Waals surface area contributed by atoms with Gasteiger partial charge in [-0.1, -0.05) is 60.7 Å². The Labute approximate surface area is 134 Å². The lowest BCUT2D eigenvalue weighted by molar-refractivity contribution is 0.0979. The number of rotatable bonds is 0. The number of benzene rings is 2. The fourth-order valence-electron chi connectivity index (χ4n) is 2.45. The maximum atomic E-state index is 12.1. The average Bonchev–Trinajstić information content (AvgIpc) is 2.93. The van der Waals surface area contributed by atoms with Crippen LogP contribution in [0.2, 0.25) is 0 Å². The van der Waals surface area contributed by atoms with Crippen LogP contribution < -0.4 is 5.32 Å². The fourth-order valence-corrected chi connectivity index (χ4v) is 2.45. The van der Waals surface area contributed by atoms with Gasteiger partial charge in [-0.3, -0.25) is 9.59 Å². The van der Waals surface area contributed by atoms with Gasteiger partial charge in [0.25, 0.3) is 0 Å². The lowest BCUT2D eigenvalue weighted by atomic mass is 9.84. The maximum Gasteiger partial charge on any atom is 0.194 e. The first-order valence-electron chi connectivity index (χ1n) is 7.31. The normalized spacial score (nSPS) is 14.1. The van der Waals surface area contributed by atoms with Crippen LogP contribution in [0.3, 0.4) is 0 Å². The molecule has 3 heteroatoms. The van der Waals surface area contributed by atoms with E-state index in [0.29, 0.717) is 22.3 Å². The molecule has 4 rings (SSSR count). The lowest BCUT2D eigenvalue weighted by Gasteiger charge is -2.16. The highest BCUT2D eigenvalue weighted by Gasteiger charge is 2.28. The van der Waals surface area contributed by atoms with Gasteiger partial charge in [-0.25, -0.2) is 0 Å². The van der Waals surface area contributed by atoms with Gasteiger partial charge in [-0.2, -0.15) is 0 Å². The quantitative estimate of drug-likeness (QED) is 0.689. The number of allylic oxidation sites excluding steroid dienone is 4. The van der Waals surface area contributed by atoms with Gasteiger partial charge in [0.15, 0.2) is 11.6 Å². The van der Waals surface area contributed by atoms with Crippen LogP contribution in [0.5, 0.6) is 0 Å². The van der Waals surface area contributed by atoms with E-state index in [0.717, 1.165) is 0 Å². The second-order valence-electron chi connectivity index (χ2n) is 5.02. The summed E-state index contributed by atoms with van der Waals surface area (Å²) >= 11 is 0. The molecule has 0 saturated carbocycles. The standard InChI is InChI=1S/C14H8O2.C6H7N/c15-13-9-5-1-2-6-10(9)14(16)12-8-4-3-7-11(12)13;1-2-4-6-7-5-3-1/h1-8H;1-7H. The Morgan fingerprint density at radius 3 is 1.22 bits per heavy atom. The zero-order valence-electron chi connectivity index (χ0n) is 12.4. The van der Waals surface area contributed by atoms with E-state index in [-0.39, 0.29) is 11.6 Å². The highest BCUT2D eigenvalue weighted by Crippen LogP contribution is 2.26. The van der Waals surface area contributed by atoms with Crippen LogP contribution in [-0.2, 0) is 0 Å². The van der Waals surface area contributed by atoms with E-state index >= 15 is 0 Å². The van der Waals surface area contributed by atoms with Gasteiger partial charge < -0.3 is 5.32 Å². The summed E-state index contributed by atoms with van der Waals surface area (Å²) in [6.07, 6.45) is 11.6. The van der Waals surface area contributed by atoms with E-state index in [1.165, 1.54) is 0 Å². The summed E-state index contributed by atoms with van der Waals surface area (Å²) in [5.74, 6) is -0.128. The topological polar surface area (TPSA) is 46.2 Å². The minimum Gasteiger partial charge on any atom is -0.368 e. The summed E-state index contributed by atoms with van der Waals surface area (Å²) < 4.78 is 0. The smallest absolute Gasteiger partial charge is 0.194 e. The summed E-state index contributed by atoms with van der Waals surface area (Å²) in [6, 6.07) is 13.9. The number of hydrogen-bond donors (Lipinski definition) is 1. The molecule has 0 unspecified atom stereocenters. The summed E-state index contributed by atoms with van der Waals surface area (Å²) in [5.41, 5.74) is 2.02. The Morgan fingerprint density at radius 2 is 0.870 bits per heavy atom. The van der Waals surface area contributed by atoms with Crippen molar-refractivity contribution in [3.05, 3.63) is 107 Å². The molecular weight excluding hydrogens is 286 g/mol. The largest absolute Gasteiger partial charge is 0.368 e. The zero-order valence-corrected chi connectivity index (χ0v) is 12.4. The Morgan fingerprint density at radius 1 is 0.522 bits per heavy atom. The Kier molecular flexibility index (Phi) is 4.29. The molecule has 2 aromatic carbocycles. The van der Waals surface area contributed by atoms with Crippen molar-refractivity contribution in [1.82, 2.24) is 5.32 Å². The molecule has 0 atom stereocenters. The number of carbonyl (C=O) groups excluding carboxylic acids is 2. The second-order valence-corrected chi connectivity index (χ2v) is 5.02. The van der Waals surface area contributed by atoms with Crippen LogP contribution >= 0.6 is 0 Å². The second kappa shape index (κ2) is 6.71. The van der Waals surface area contributed by atoms with Gasteiger partial charge in [0.1, 0.15) is 0 Å². The predicted molar refractivity (Wildman–Crippen MR) is 90.3 cm³/mol. The summed E-state index contributed by atoms with van der Waals surface area (Å²) in [4.78, 5) is 24.2. The van der Waals surface area contributed by atoms with Crippen LogP contribution in [0.25, 0.3) is 0 Å². The Hall–Kier alpha value is -3.20. The first-order chi connectivity index (χ1) is 11.3. The molecule has 112 valence electrons. The van der Waals surface area contributed by atoms with Crippen LogP contribution in [-0.4, -0.2) is 11.6 Å². The van der Waals surface area contributed by atoms with Crippen LogP contribution in [0, 0.1) is 0 Å². The van der Waals surface area contributed by atoms with Crippen molar-refractivity contribution in [2.45, 2.75) is 0 Å². The van der Waals surface area contributed by atoms with Gasteiger partial charge in [0, 0.05) is 34.7 Å². The van der Waals surface area contributed by atoms with Gasteiger partial charge >= 0.3 is 0 Å². The number of ketones is 2. The van der Waals surface area contributed by atoms with Crippen LogP contribution in [0.4, 0.5) is 0 Å². The molecule has 0 aromatic heterocycles. The highest BCUT2D eigenvalue weighted by molar-refractivity contribution is 6.28. The minimum atomic E-state index is -0.0641. The van der Waals surface area contributed by atoms with E-state index < -0.39 is 0 Å². The van der Waals surface area contributed by atoms with E-state index in [4.69, 9.17) is 0 Å². The minimum absolute atomic E-state index is 0.0641. The molecule has 0 saturated heterocycles. The van der Waals surface area contributed by atoms with E-state index in [9.17, 15) is 9.59 Å². The molecule has 1 heterocycles. The van der Waals surface area contributed by atoms with E-state index in [1.54, 1.807) is 48.5 Å². The van der Waals surface area contributed by atoms with Crippen LogP contribution in [0.15, 0.2) is 85.2 Å². The van der Waals surface area contributed by atoms with Gasteiger partial charge in [0.2, 0.25) is 0 Å². The molecule has 0 spiro atoms. The Bertz CT molecular complexity index is 725. The molecule has 0 bridgehead atoms. The molecule has 1 aliphatic carbocycles. The third-order valence-electron chi connectivity index (χ3n) is 3.55. The van der Waals surface area contributed by atoms with Crippen molar-refractivity contribution >= 4 is 11.6 Å². The van der Waals surface area contributed by atoms with Crippen molar-refractivity contribution < 1.29 is 9.59 Å². The molecule has 2 aliphatic rings. The van der Waals surface area contributed by atoms with Crippen LogP contribution in [0.1, 0.15) is 31.8 Å². The van der Waals surface area contributed by atoms with Gasteiger partial charge in [-0.15, -0.1) is 0 Å². The molecule has 0 amide bonds. The number of fused-ring (bicyclic) bond motifs is 2.